The molecule has 10 nitrogen and oxygen atoms in total. The SMILES string of the molecule is C=C(C)C(=O)OCC(N)CNCCOCCOCCNCC(O)COC(=O)C(=C)C. The summed E-state index contributed by atoms with van der Waals surface area (Å²) in [6, 6.07) is -0.291. The molecule has 0 aliphatic rings. The Morgan fingerprint density at radius 2 is 1.33 bits per heavy atom. The fourth-order valence-electron chi connectivity index (χ4n) is 1.89. The molecule has 0 saturated carbocycles. The molecule has 10 heteroatoms. The average Bonchev–Trinajstić information content (AvgIpc) is 2.70. The third-order valence-electron chi connectivity index (χ3n) is 3.54. The molecule has 0 heterocycles. The highest BCUT2D eigenvalue weighted by Gasteiger charge is 2.09. The summed E-state index contributed by atoms with van der Waals surface area (Å²) in [5.74, 6) is -0.955. The van der Waals surface area contributed by atoms with Crippen LogP contribution in [0, 0.1) is 0 Å². The highest BCUT2D eigenvalue weighted by molar-refractivity contribution is 5.87. The van der Waals surface area contributed by atoms with Gasteiger partial charge in [0.15, 0.2) is 0 Å². The lowest BCUT2D eigenvalue weighted by Crippen LogP contribution is -2.39. The second kappa shape index (κ2) is 18.0. The molecule has 0 saturated heterocycles. The topological polar surface area (TPSA) is 141 Å². The van der Waals surface area contributed by atoms with Gasteiger partial charge in [0.2, 0.25) is 0 Å². The summed E-state index contributed by atoms with van der Waals surface area (Å²) in [6.07, 6.45) is -0.782. The van der Waals surface area contributed by atoms with Gasteiger partial charge in [0.1, 0.15) is 19.3 Å². The van der Waals surface area contributed by atoms with E-state index in [0.29, 0.717) is 63.8 Å². The van der Waals surface area contributed by atoms with Gasteiger partial charge in [0, 0.05) is 37.3 Å². The van der Waals surface area contributed by atoms with E-state index in [1.807, 2.05) is 0 Å². The quantitative estimate of drug-likeness (QED) is 0.116. The van der Waals surface area contributed by atoms with E-state index in [0.717, 1.165) is 0 Å². The highest BCUT2D eigenvalue weighted by atomic mass is 16.5. The second-order valence-corrected chi connectivity index (χ2v) is 6.80. The zero-order valence-corrected chi connectivity index (χ0v) is 18.1. The van der Waals surface area contributed by atoms with E-state index >= 15 is 0 Å². The first-order valence-corrected chi connectivity index (χ1v) is 9.89. The van der Waals surface area contributed by atoms with Crippen LogP contribution >= 0.6 is 0 Å². The molecule has 0 aromatic rings. The van der Waals surface area contributed by atoms with Gasteiger partial charge in [0.05, 0.1) is 32.5 Å². The van der Waals surface area contributed by atoms with Crippen molar-refractivity contribution in [3.63, 3.8) is 0 Å². The van der Waals surface area contributed by atoms with Crippen LogP contribution in [0.2, 0.25) is 0 Å². The van der Waals surface area contributed by atoms with Crippen molar-refractivity contribution in [2.45, 2.75) is 26.0 Å². The molecule has 0 bridgehead atoms. The summed E-state index contributed by atoms with van der Waals surface area (Å²) in [4.78, 5) is 22.4. The van der Waals surface area contributed by atoms with Crippen molar-refractivity contribution in [1.82, 2.24) is 10.6 Å². The number of hydrogen-bond donors (Lipinski definition) is 4. The van der Waals surface area contributed by atoms with Crippen molar-refractivity contribution in [2.24, 2.45) is 5.73 Å². The number of carbonyl (C=O) groups excluding carboxylic acids is 2. The van der Waals surface area contributed by atoms with Crippen molar-refractivity contribution in [3.05, 3.63) is 24.3 Å². The molecule has 0 fully saturated rings. The number of hydrogen-bond acceptors (Lipinski definition) is 10. The summed E-state index contributed by atoms with van der Waals surface area (Å²) in [7, 11) is 0. The number of rotatable bonds is 19. The fraction of sp³-hybridized carbons (Fsp3) is 0.700. The van der Waals surface area contributed by atoms with Gasteiger partial charge in [-0.15, -0.1) is 0 Å². The summed E-state index contributed by atoms with van der Waals surface area (Å²) in [5.41, 5.74) is 6.47. The van der Waals surface area contributed by atoms with Gasteiger partial charge in [-0.2, -0.15) is 0 Å². The molecule has 174 valence electrons. The van der Waals surface area contributed by atoms with Crippen LogP contribution in [-0.2, 0) is 28.5 Å². The standard InChI is InChI=1S/C20H37N3O7/c1-15(2)19(25)29-13-17(21)11-22-5-7-27-9-10-28-8-6-23-12-18(24)14-30-20(26)16(3)4/h17-18,22-24H,1,3,5-14,21H2,2,4H3. The Labute approximate surface area is 178 Å². The van der Waals surface area contributed by atoms with Crippen LogP contribution in [-0.4, -0.2) is 95.0 Å². The van der Waals surface area contributed by atoms with Gasteiger partial charge in [0.25, 0.3) is 0 Å². The molecule has 2 atom stereocenters. The maximum atomic E-state index is 11.2. The molecule has 0 aromatic heterocycles. The third kappa shape index (κ3) is 17.1. The smallest absolute Gasteiger partial charge is 0.333 e. The van der Waals surface area contributed by atoms with Crippen LogP contribution < -0.4 is 16.4 Å². The Hall–Kier alpha value is -1.82. The van der Waals surface area contributed by atoms with Gasteiger partial charge < -0.3 is 40.4 Å². The first kappa shape index (κ1) is 28.2. The number of aliphatic hydroxyl groups is 1. The Morgan fingerprint density at radius 3 is 1.83 bits per heavy atom. The minimum Gasteiger partial charge on any atom is -0.461 e. The molecule has 0 spiro atoms. The Balaban J connectivity index is 3.36. The molecule has 0 aromatic carbocycles. The van der Waals surface area contributed by atoms with E-state index in [1.165, 1.54) is 0 Å². The summed E-state index contributed by atoms with van der Waals surface area (Å²) < 4.78 is 20.6. The molecule has 0 rings (SSSR count). The molecule has 5 N–H and O–H groups in total. The predicted molar refractivity (Wildman–Crippen MR) is 113 cm³/mol. The van der Waals surface area contributed by atoms with Crippen molar-refractivity contribution >= 4 is 11.9 Å². The lowest BCUT2D eigenvalue weighted by molar-refractivity contribution is -0.142. The average molecular weight is 432 g/mol. The summed E-state index contributed by atoms with van der Waals surface area (Å²) in [6.45, 7) is 14.0. The van der Waals surface area contributed by atoms with Gasteiger partial charge in [-0.05, 0) is 13.8 Å². The van der Waals surface area contributed by atoms with Gasteiger partial charge >= 0.3 is 11.9 Å². The lowest BCUT2D eigenvalue weighted by Gasteiger charge is -2.13. The Bertz CT molecular complexity index is 483. The number of nitrogens with two attached hydrogens (primary N) is 1. The Kier molecular flexibility index (Phi) is 16.9. The van der Waals surface area contributed by atoms with Crippen LogP contribution in [0.1, 0.15) is 13.8 Å². The molecule has 0 aliphatic heterocycles. The van der Waals surface area contributed by atoms with Gasteiger partial charge in [-0.3, -0.25) is 0 Å². The number of aliphatic hydroxyl groups excluding tert-OH is 1. The van der Waals surface area contributed by atoms with E-state index in [-0.39, 0.29) is 19.3 Å². The lowest BCUT2D eigenvalue weighted by atomic mass is 10.3. The highest BCUT2D eigenvalue weighted by Crippen LogP contribution is 1.94. The minimum atomic E-state index is -0.782. The summed E-state index contributed by atoms with van der Waals surface area (Å²) >= 11 is 0. The molecular weight excluding hydrogens is 394 g/mol. The number of nitrogens with one attached hydrogen (secondary N) is 2. The number of esters is 2. The van der Waals surface area contributed by atoms with Crippen LogP contribution in [0.5, 0.6) is 0 Å². The van der Waals surface area contributed by atoms with Crippen molar-refractivity contribution < 1.29 is 33.6 Å². The van der Waals surface area contributed by atoms with Gasteiger partial charge in [-0.25, -0.2) is 9.59 Å². The van der Waals surface area contributed by atoms with E-state index in [2.05, 4.69) is 23.8 Å². The molecule has 0 amide bonds. The number of ether oxygens (including phenoxy) is 4. The van der Waals surface area contributed by atoms with Crippen LogP contribution in [0.15, 0.2) is 24.3 Å². The van der Waals surface area contributed by atoms with Gasteiger partial charge in [-0.1, -0.05) is 13.2 Å². The second-order valence-electron chi connectivity index (χ2n) is 6.80. The first-order chi connectivity index (χ1) is 14.2. The first-order valence-electron chi connectivity index (χ1n) is 9.89. The zero-order valence-electron chi connectivity index (χ0n) is 18.1. The summed E-state index contributed by atoms with van der Waals surface area (Å²) in [5, 5.41) is 15.8. The van der Waals surface area contributed by atoms with Crippen LogP contribution in [0.4, 0.5) is 0 Å². The zero-order chi connectivity index (χ0) is 22.8. The maximum absolute atomic E-state index is 11.2. The third-order valence-corrected chi connectivity index (χ3v) is 3.54. The van der Waals surface area contributed by atoms with Crippen LogP contribution in [0.25, 0.3) is 0 Å². The van der Waals surface area contributed by atoms with Crippen LogP contribution in [0.3, 0.4) is 0 Å². The van der Waals surface area contributed by atoms with E-state index in [1.54, 1.807) is 13.8 Å². The van der Waals surface area contributed by atoms with E-state index in [9.17, 15) is 14.7 Å². The largest absolute Gasteiger partial charge is 0.461 e. The monoisotopic (exact) mass is 431 g/mol. The van der Waals surface area contributed by atoms with Crippen molar-refractivity contribution in [2.75, 3.05) is 65.8 Å². The fourth-order valence-corrected chi connectivity index (χ4v) is 1.89. The molecule has 0 radical (unpaired) electrons. The molecule has 0 aliphatic carbocycles. The molecular formula is C20H37N3O7. The van der Waals surface area contributed by atoms with Crippen molar-refractivity contribution in [1.29, 1.82) is 0 Å². The number of carbonyl (C=O) groups is 2. The minimum absolute atomic E-state index is 0.0774. The van der Waals surface area contributed by atoms with E-state index < -0.39 is 18.0 Å². The normalized spacial score (nSPS) is 12.8. The van der Waals surface area contributed by atoms with E-state index in [4.69, 9.17) is 24.7 Å². The predicted octanol–water partition coefficient (Wildman–Crippen LogP) is -0.874. The Morgan fingerprint density at radius 1 is 0.867 bits per heavy atom. The maximum Gasteiger partial charge on any atom is 0.333 e. The van der Waals surface area contributed by atoms with Crippen molar-refractivity contribution in [3.8, 4) is 0 Å². The molecule has 2 unspecified atom stereocenters. The molecule has 30 heavy (non-hydrogen) atoms.